The highest BCUT2D eigenvalue weighted by molar-refractivity contribution is 6.12. The second kappa shape index (κ2) is 20.1. The molecule has 388 valence electrons. The number of para-hydroxylation sites is 6. The maximum absolute atomic E-state index is 15.8. The predicted molar refractivity (Wildman–Crippen MR) is 321 cm³/mol. The lowest BCUT2D eigenvalue weighted by atomic mass is 9.92. The fourth-order valence-electron chi connectivity index (χ4n) is 11.5. The van der Waals surface area contributed by atoms with Gasteiger partial charge in [0.2, 0.25) is 5.82 Å². The lowest BCUT2D eigenvalue weighted by Crippen LogP contribution is -2.09. The number of hydrogen-bond acceptors (Lipinski definition) is 2. The molecule has 0 aliphatic rings. The van der Waals surface area contributed by atoms with Crippen molar-refractivity contribution in [3.05, 3.63) is 302 Å². The molecule has 0 saturated carbocycles. The Morgan fingerprint density at radius 2 is 0.531 bits per heavy atom. The van der Waals surface area contributed by atoms with Crippen LogP contribution < -0.4 is 9.80 Å². The first-order valence-electron chi connectivity index (χ1n) is 26.5. The van der Waals surface area contributed by atoms with Crippen LogP contribution in [0.2, 0.25) is 0 Å². The third-order valence-corrected chi connectivity index (χ3v) is 15.2. The summed E-state index contributed by atoms with van der Waals surface area (Å²) >= 11 is 0. The molecule has 0 radical (unpaired) electrons. The van der Waals surface area contributed by atoms with Crippen molar-refractivity contribution in [1.29, 1.82) is 0 Å². The smallest absolute Gasteiger partial charge is 0.200 e. The van der Waals surface area contributed by atoms with Crippen molar-refractivity contribution in [3.63, 3.8) is 0 Å². The number of aromatic nitrogens is 2. The minimum absolute atomic E-state index is 0.167. The average Bonchev–Trinajstić information content (AvgIpc) is 4.04. The van der Waals surface area contributed by atoms with Crippen molar-refractivity contribution >= 4 is 77.7 Å². The second-order valence-corrected chi connectivity index (χ2v) is 20.0. The largest absolute Gasteiger partial charge is 0.310 e. The summed E-state index contributed by atoms with van der Waals surface area (Å²) in [6, 6.07) is 90.8. The Morgan fingerprint density at radius 1 is 0.222 bits per heavy atom. The van der Waals surface area contributed by atoms with E-state index in [2.05, 4.69) is 128 Å². The zero-order valence-electron chi connectivity index (χ0n) is 43.2. The molecule has 0 atom stereocenters. The van der Waals surface area contributed by atoms with Gasteiger partial charge < -0.3 is 18.9 Å². The summed E-state index contributed by atoms with van der Waals surface area (Å²) in [5, 5.41) is 4.23. The van der Waals surface area contributed by atoms with Crippen molar-refractivity contribution < 1.29 is 22.0 Å². The molecule has 14 rings (SSSR count). The van der Waals surface area contributed by atoms with Crippen LogP contribution in [-0.2, 0) is 0 Å². The molecule has 0 N–H and O–H groups in total. The number of hydrogen-bond donors (Lipinski definition) is 0. The maximum Gasteiger partial charge on any atom is 0.200 e. The van der Waals surface area contributed by atoms with Crippen molar-refractivity contribution in [2.45, 2.75) is 0 Å². The van der Waals surface area contributed by atoms with Gasteiger partial charge in [-0.3, -0.25) is 0 Å². The summed E-state index contributed by atoms with van der Waals surface area (Å²) < 4.78 is 80.6. The highest BCUT2D eigenvalue weighted by atomic mass is 19.2. The predicted octanol–water partition coefficient (Wildman–Crippen LogP) is 20.5. The molecular weight excluding hydrogens is 1020 g/mol. The van der Waals surface area contributed by atoms with Gasteiger partial charge in [-0.2, -0.15) is 0 Å². The van der Waals surface area contributed by atoms with Crippen molar-refractivity contribution in [3.8, 4) is 44.8 Å². The van der Waals surface area contributed by atoms with E-state index in [1.165, 1.54) is 12.1 Å². The summed E-state index contributed by atoms with van der Waals surface area (Å²) in [5.41, 5.74) is 12.9. The third-order valence-electron chi connectivity index (χ3n) is 15.2. The van der Waals surface area contributed by atoms with Crippen LogP contribution in [0.1, 0.15) is 0 Å². The van der Waals surface area contributed by atoms with Gasteiger partial charge in [0.1, 0.15) is 0 Å². The second-order valence-electron chi connectivity index (χ2n) is 20.0. The van der Waals surface area contributed by atoms with Crippen LogP contribution in [0, 0.1) is 29.1 Å². The van der Waals surface area contributed by atoms with E-state index in [1.807, 2.05) is 152 Å². The van der Waals surface area contributed by atoms with Crippen LogP contribution in [0.15, 0.2) is 273 Å². The summed E-state index contributed by atoms with van der Waals surface area (Å²) in [4.78, 5) is 4.47. The number of benzene rings is 12. The maximum atomic E-state index is 15.8. The van der Waals surface area contributed by atoms with Gasteiger partial charge in [-0.05, 0) is 167 Å². The number of nitrogens with zero attached hydrogens (tertiary/aromatic N) is 4. The molecule has 0 unspecified atom stereocenters. The Balaban J connectivity index is 0.860. The van der Waals surface area contributed by atoms with E-state index in [9.17, 15) is 4.39 Å². The SMILES string of the molecule is Fc1c(F)c(F)c(-c2cc(-c3ccc(-n4c5ccccc5c5cc(N(c6ccccc6)c6ccccc6)ccc54)cc3)cc(-c3ccc(-n4c5ccccc5c5cc(N(c6ccccc6)c6ccccc6)ccc54)cc3)c2)c(F)c1F. The molecule has 0 spiro atoms. The quantitative estimate of drug-likeness (QED) is 0.0729. The zero-order valence-corrected chi connectivity index (χ0v) is 43.2. The number of anilines is 6. The molecule has 0 fully saturated rings. The lowest BCUT2D eigenvalue weighted by molar-refractivity contribution is 0.381. The molecular formula is C72H45F5N4. The Kier molecular flexibility index (Phi) is 12.1. The van der Waals surface area contributed by atoms with Crippen molar-refractivity contribution in [2.24, 2.45) is 0 Å². The molecule has 0 amide bonds. The first-order valence-corrected chi connectivity index (χ1v) is 26.5. The number of fused-ring (bicyclic) bond motifs is 6. The molecule has 0 aliphatic carbocycles. The summed E-state index contributed by atoms with van der Waals surface area (Å²) in [7, 11) is 0. The Morgan fingerprint density at radius 3 is 0.901 bits per heavy atom. The van der Waals surface area contributed by atoms with Crippen molar-refractivity contribution in [2.75, 3.05) is 9.80 Å². The molecule has 12 aromatic carbocycles. The van der Waals surface area contributed by atoms with Crippen LogP contribution in [0.4, 0.5) is 56.1 Å². The number of rotatable bonds is 11. The van der Waals surface area contributed by atoms with E-state index < -0.39 is 34.6 Å². The highest BCUT2D eigenvalue weighted by Gasteiger charge is 2.28. The van der Waals surface area contributed by atoms with E-state index in [0.29, 0.717) is 22.3 Å². The van der Waals surface area contributed by atoms with Crippen LogP contribution in [0.25, 0.3) is 88.4 Å². The summed E-state index contributed by atoms with van der Waals surface area (Å²) in [5.74, 6) is -10.1. The Hall–Kier alpha value is -10.5. The van der Waals surface area contributed by atoms with E-state index in [-0.39, 0.29) is 5.56 Å². The molecule has 0 saturated heterocycles. The van der Waals surface area contributed by atoms with Crippen LogP contribution in [0.3, 0.4) is 0 Å². The molecule has 0 aliphatic heterocycles. The molecule has 0 bridgehead atoms. The van der Waals surface area contributed by atoms with Gasteiger partial charge in [-0.1, -0.05) is 133 Å². The first-order chi connectivity index (χ1) is 39.8. The van der Waals surface area contributed by atoms with Crippen molar-refractivity contribution in [1.82, 2.24) is 9.13 Å². The van der Waals surface area contributed by atoms with Crippen LogP contribution in [0.5, 0.6) is 0 Å². The third kappa shape index (κ3) is 8.45. The van der Waals surface area contributed by atoms with Crippen LogP contribution in [-0.4, -0.2) is 9.13 Å². The fourth-order valence-corrected chi connectivity index (χ4v) is 11.5. The van der Waals surface area contributed by atoms with Gasteiger partial charge in [0, 0.05) is 67.0 Å². The fraction of sp³-hybridized carbons (Fsp3) is 0. The highest BCUT2D eigenvalue weighted by Crippen LogP contribution is 2.44. The lowest BCUT2D eigenvalue weighted by Gasteiger charge is -2.25. The topological polar surface area (TPSA) is 16.3 Å². The minimum atomic E-state index is -2.21. The zero-order chi connectivity index (χ0) is 54.7. The summed E-state index contributed by atoms with van der Waals surface area (Å²) in [6.45, 7) is 0. The molecule has 4 nitrogen and oxygen atoms in total. The van der Waals surface area contributed by atoms with Crippen LogP contribution >= 0.6 is 0 Å². The van der Waals surface area contributed by atoms with Gasteiger partial charge in [0.25, 0.3) is 0 Å². The summed E-state index contributed by atoms with van der Waals surface area (Å²) in [6.07, 6.45) is 0. The molecule has 81 heavy (non-hydrogen) atoms. The van der Waals surface area contributed by atoms with Gasteiger partial charge in [0.15, 0.2) is 23.3 Å². The Bertz CT molecular complexity index is 4310. The molecule has 2 heterocycles. The van der Waals surface area contributed by atoms with Gasteiger partial charge in [-0.25, -0.2) is 22.0 Å². The van der Waals surface area contributed by atoms with Gasteiger partial charge in [-0.15, -0.1) is 0 Å². The first kappa shape index (κ1) is 48.8. The van der Waals surface area contributed by atoms with E-state index >= 15 is 17.6 Å². The normalized spacial score (nSPS) is 11.5. The van der Waals surface area contributed by atoms with E-state index in [1.54, 1.807) is 0 Å². The van der Waals surface area contributed by atoms with Gasteiger partial charge in [0.05, 0.1) is 27.6 Å². The van der Waals surface area contributed by atoms with E-state index in [0.717, 1.165) is 89.1 Å². The average molecular weight is 1060 g/mol. The molecule has 9 heteroatoms. The van der Waals surface area contributed by atoms with E-state index in [4.69, 9.17) is 0 Å². The monoisotopic (exact) mass is 1060 g/mol. The standard InChI is InChI=1S/C72H45F5N4/c73-68-67(69(74)71(76)72(77)70(68)75)50-42-48(46-29-33-55(34-30-46)80-63-27-15-13-25-59(63)61-44-57(37-39-65(61)80)78(51-17-5-1-6-18-51)52-19-7-2-8-20-52)41-49(43-50)47-31-35-56(36-32-47)81-64-28-16-14-26-60(64)62-45-58(38-40-66(62)81)79(53-21-9-3-10-22-53)54-23-11-4-12-24-54/h1-45H. The number of halogens is 5. The Labute approximate surface area is 463 Å². The molecule has 2 aromatic heterocycles. The minimum Gasteiger partial charge on any atom is -0.310 e. The van der Waals surface area contributed by atoms with Gasteiger partial charge >= 0.3 is 0 Å². The molecule has 14 aromatic rings.